The van der Waals surface area contributed by atoms with Crippen LogP contribution in [0, 0.1) is 74.0 Å². The third-order valence-electron chi connectivity index (χ3n) is 8.29. The van der Waals surface area contributed by atoms with Gasteiger partial charge in [-0.2, -0.15) is 0 Å². The molecule has 0 saturated heterocycles. The summed E-state index contributed by atoms with van der Waals surface area (Å²) < 4.78 is 0. The molecule has 2 saturated carbocycles. The summed E-state index contributed by atoms with van der Waals surface area (Å²) in [6.45, 7) is 24.0. The predicted molar refractivity (Wildman–Crippen MR) is 109 cm³/mol. The van der Waals surface area contributed by atoms with E-state index in [0.29, 0.717) is 0 Å². The fourth-order valence-corrected chi connectivity index (χ4v) is 4.79. The molecule has 0 aromatic rings. The van der Waals surface area contributed by atoms with E-state index in [1.54, 1.807) is 0 Å². The molecule has 0 aliphatic heterocycles. The monoisotopic (exact) mass is 406 g/mol. The molecule has 0 nitrogen and oxygen atoms in total. The minimum absolute atomic E-state index is 0. The van der Waals surface area contributed by atoms with E-state index in [-0.39, 0.29) is 37.2 Å². The average molecular weight is 407 g/mol. The van der Waals surface area contributed by atoms with Crippen molar-refractivity contribution >= 4 is 0 Å². The Balaban J connectivity index is -0.000000308. The standard InChI is InChI=1S/2C10H20.2CH3.Nb.3H/c2*1-6-7(2)9(4)10(5)8(6)3;;;;;;/h2*6-10H,1-5H3;2*1H3;;;;/q;;2*-1;;;;. The molecule has 1 heteroatoms. The van der Waals surface area contributed by atoms with Crippen LogP contribution in [0.2, 0.25) is 0 Å². The summed E-state index contributed by atoms with van der Waals surface area (Å²) in [5.74, 6) is 9.35. The van der Waals surface area contributed by atoms with Crippen LogP contribution in [-0.4, -0.2) is 0 Å². The van der Waals surface area contributed by atoms with Gasteiger partial charge < -0.3 is 14.9 Å². The maximum absolute atomic E-state index is 2.40. The van der Waals surface area contributed by atoms with Crippen molar-refractivity contribution in [2.24, 2.45) is 59.2 Å². The zero-order valence-electron chi connectivity index (χ0n) is 18.5. The van der Waals surface area contributed by atoms with E-state index in [9.17, 15) is 0 Å². The summed E-state index contributed by atoms with van der Waals surface area (Å²) in [4.78, 5) is 0. The van der Waals surface area contributed by atoms with Crippen molar-refractivity contribution in [2.45, 2.75) is 69.2 Å². The van der Waals surface area contributed by atoms with Crippen LogP contribution in [-0.2, 0) is 22.4 Å². The molecule has 0 spiro atoms. The average Bonchev–Trinajstić information content (AvgIpc) is 2.71. The van der Waals surface area contributed by atoms with Crippen LogP contribution in [0.1, 0.15) is 69.2 Å². The molecule has 0 N–H and O–H groups in total. The number of hydrogen-bond donors (Lipinski definition) is 0. The van der Waals surface area contributed by atoms with Gasteiger partial charge in [0.2, 0.25) is 0 Å². The molecule has 23 heavy (non-hydrogen) atoms. The predicted octanol–water partition coefficient (Wildman–Crippen LogP) is 6.46. The fourth-order valence-electron chi connectivity index (χ4n) is 4.79. The van der Waals surface area contributed by atoms with Gasteiger partial charge in [0.1, 0.15) is 0 Å². The molecular formula is C22H49Nb-2. The van der Waals surface area contributed by atoms with Gasteiger partial charge >= 0.3 is 22.4 Å². The van der Waals surface area contributed by atoms with Crippen LogP contribution in [0.25, 0.3) is 0 Å². The first-order valence-corrected chi connectivity index (χ1v) is 9.11. The number of hydrogen-bond acceptors (Lipinski definition) is 0. The molecule has 0 heterocycles. The van der Waals surface area contributed by atoms with Crippen LogP contribution in [0.4, 0.5) is 0 Å². The van der Waals surface area contributed by atoms with Gasteiger partial charge in [-0.05, 0) is 59.2 Å². The quantitative estimate of drug-likeness (QED) is 0.320. The summed E-state index contributed by atoms with van der Waals surface area (Å²) >= 11 is 0. The van der Waals surface area contributed by atoms with Crippen molar-refractivity contribution in [2.75, 3.05) is 0 Å². The Morgan fingerprint density at radius 1 is 0.261 bits per heavy atom. The van der Waals surface area contributed by atoms with E-state index in [0.717, 1.165) is 59.2 Å². The van der Waals surface area contributed by atoms with Gasteiger partial charge in [0, 0.05) is 0 Å². The molecule has 0 aromatic carbocycles. The van der Waals surface area contributed by atoms with Crippen molar-refractivity contribution in [1.29, 1.82) is 0 Å². The van der Waals surface area contributed by atoms with Gasteiger partial charge in [-0.3, -0.25) is 0 Å². The summed E-state index contributed by atoms with van der Waals surface area (Å²) in [6, 6.07) is 0. The maximum atomic E-state index is 2.40. The van der Waals surface area contributed by atoms with Crippen molar-refractivity contribution in [3.05, 3.63) is 14.9 Å². The van der Waals surface area contributed by atoms with E-state index in [1.165, 1.54) is 0 Å². The summed E-state index contributed by atoms with van der Waals surface area (Å²) in [7, 11) is 0. The van der Waals surface area contributed by atoms with Gasteiger partial charge in [-0.25, -0.2) is 0 Å². The van der Waals surface area contributed by atoms with Crippen molar-refractivity contribution < 1.29 is 22.4 Å². The zero-order valence-corrected chi connectivity index (χ0v) is 22.0. The second kappa shape index (κ2) is 11.4. The first-order chi connectivity index (χ1) is 9.11. The Morgan fingerprint density at radius 2 is 0.304 bits per heavy atom. The van der Waals surface area contributed by atoms with E-state index in [1.807, 2.05) is 0 Å². The second-order valence-electron chi connectivity index (χ2n) is 8.59. The molecule has 2 rings (SSSR count). The van der Waals surface area contributed by atoms with E-state index >= 15 is 0 Å². The van der Waals surface area contributed by atoms with Crippen LogP contribution < -0.4 is 0 Å². The van der Waals surface area contributed by atoms with Crippen molar-refractivity contribution in [3.8, 4) is 0 Å². The van der Waals surface area contributed by atoms with Gasteiger partial charge in [-0.1, -0.05) is 69.2 Å². The van der Waals surface area contributed by atoms with Crippen LogP contribution >= 0.6 is 0 Å². The molecule has 144 valence electrons. The van der Waals surface area contributed by atoms with Gasteiger partial charge in [0.25, 0.3) is 0 Å². The molecule has 0 atom stereocenters. The van der Waals surface area contributed by atoms with Crippen LogP contribution in [0.5, 0.6) is 0 Å². The molecular weight excluding hydrogens is 357 g/mol. The summed E-state index contributed by atoms with van der Waals surface area (Å²) in [5.41, 5.74) is 0. The Kier molecular flexibility index (Phi) is 14.1. The topological polar surface area (TPSA) is 0 Å². The van der Waals surface area contributed by atoms with Gasteiger partial charge in [-0.15, -0.1) is 0 Å². The summed E-state index contributed by atoms with van der Waals surface area (Å²) in [5, 5.41) is 0. The normalized spacial score (nSPS) is 48.3. The van der Waals surface area contributed by atoms with E-state index in [2.05, 4.69) is 69.2 Å². The first-order valence-electron chi connectivity index (χ1n) is 9.11. The second-order valence-corrected chi connectivity index (χ2v) is 8.59. The Hall–Kier alpha value is 0.740. The molecule has 0 aromatic heterocycles. The third-order valence-corrected chi connectivity index (χ3v) is 8.29. The van der Waals surface area contributed by atoms with Crippen molar-refractivity contribution in [1.82, 2.24) is 0 Å². The Labute approximate surface area is 165 Å². The molecule has 0 bridgehead atoms. The van der Waals surface area contributed by atoms with Crippen molar-refractivity contribution in [3.63, 3.8) is 0 Å². The molecule has 2 aliphatic rings. The molecule has 2 aliphatic carbocycles. The van der Waals surface area contributed by atoms with Gasteiger partial charge in [0.15, 0.2) is 0 Å². The Bertz CT molecular complexity index is 181. The van der Waals surface area contributed by atoms with E-state index < -0.39 is 0 Å². The minimum atomic E-state index is 0. The van der Waals surface area contributed by atoms with E-state index in [4.69, 9.17) is 0 Å². The third kappa shape index (κ3) is 5.89. The SMILES string of the molecule is CC1C(C)C(C)C(C)C1C.CC1C(C)C(C)C(C)C1C.[CH3-].[CH3-].[NbH3]. The Morgan fingerprint density at radius 3 is 0.348 bits per heavy atom. The number of rotatable bonds is 0. The molecule has 0 unspecified atom stereocenters. The first kappa shape index (κ1) is 28.5. The zero-order chi connectivity index (χ0) is 15.8. The van der Waals surface area contributed by atoms with Gasteiger partial charge in [0.05, 0.1) is 0 Å². The van der Waals surface area contributed by atoms with Crippen LogP contribution in [0.3, 0.4) is 0 Å². The molecule has 2 fully saturated rings. The molecule has 1 radical (unpaired) electrons. The van der Waals surface area contributed by atoms with Crippen LogP contribution in [0.15, 0.2) is 0 Å². The summed E-state index contributed by atoms with van der Waals surface area (Å²) in [6.07, 6.45) is 0. The fraction of sp³-hybridized carbons (Fsp3) is 0.909. The molecule has 0 amide bonds.